The van der Waals surface area contributed by atoms with E-state index in [4.69, 9.17) is 17.0 Å². The summed E-state index contributed by atoms with van der Waals surface area (Å²) in [6.45, 7) is 3.10. The third-order valence-corrected chi connectivity index (χ3v) is 3.58. The van der Waals surface area contributed by atoms with Crippen molar-refractivity contribution >= 4 is 17.4 Å². The van der Waals surface area contributed by atoms with Gasteiger partial charge in [0.15, 0.2) is 0 Å². The highest BCUT2D eigenvalue weighted by atomic mass is 35.5. The molecule has 0 spiro atoms. The monoisotopic (exact) mass is 236 g/mol. The molecule has 86 valence electrons. The van der Waals surface area contributed by atoms with E-state index in [9.17, 15) is 0 Å². The van der Waals surface area contributed by atoms with Gasteiger partial charge >= 0.3 is 0 Å². The summed E-state index contributed by atoms with van der Waals surface area (Å²) in [5, 5.41) is 8.78. The number of halogens is 1. The zero-order valence-corrected chi connectivity index (χ0v) is 10.3. The molecule has 1 saturated heterocycles. The van der Waals surface area contributed by atoms with Crippen molar-refractivity contribution < 1.29 is 0 Å². The van der Waals surface area contributed by atoms with Crippen LogP contribution in [-0.4, -0.2) is 17.3 Å². The average Bonchev–Trinajstić information content (AvgIpc) is 2.29. The van der Waals surface area contributed by atoms with Gasteiger partial charge in [0, 0.05) is 18.0 Å². The number of piperidine rings is 1. The third-order valence-electron chi connectivity index (χ3n) is 3.23. The molecule has 1 aliphatic rings. The van der Waals surface area contributed by atoms with Crippen LogP contribution in [0, 0.1) is 5.41 Å². The molecular weight excluding hydrogens is 220 g/mol. The summed E-state index contributed by atoms with van der Waals surface area (Å²) >= 11 is 6.19. The van der Waals surface area contributed by atoms with Gasteiger partial charge in [0.1, 0.15) is 0 Å². The van der Waals surface area contributed by atoms with Gasteiger partial charge in [0.25, 0.3) is 0 Å². The summed E-state index contributed by atoms with van der Waals surface area (Å²) < 4.78 is 0. The van der Waals surface area contributed by atoms with Crippen molar-refractivity contribution in [1.82, 2.24) is 4.90 Å². The first-order valence-corrected chi connectivity index (χ1v) is 6.16. The van der Waals surface area contributed by atoms with Crippen LogP contribution in [-0.2, 0) is 0 Å². The van der Waals surface area contributed by atoms with E-state index >= 15 is 0 Å². The van der Waals surface area contributed by atoms with E-state index in [1.807, 2.05) is 18.2 Å². The topological polar surface area (TPSA) is 27.1 Å². The van der Waals surface area contributed by atoms with Crippen molar-refractivity contribution in [2.45, 2.75) is 32.2 Å². The molecule has 2 rings (SSSR count). The number of hydrogen-bond acceptors (Lipinski definition) is 1. The van der Waals surface area contributed by atoms with Crippen molar-refractivity contribution in [2.24, 2.45) is 0 Å². The Labute approximate surface area is 102 Å². The maximum Gasteiger partial charge on any atom is 0.0962 e. The van der Waals surface area contributed by atoms with Gasteiger partial charge in [-0.3, -0.25) is 5.41 Å². The van der Waals surface area contributed by atoms with Gasteiger partial charge < -0.3 is 4.90 Å². The minimum absolute atomic E-state index is 0.210. The third kappa shape index (κ3) is 2.22. The summed E-state index contributed by atoms with van der Waals surface area (Å²) in [6.07, 6.45) is 3.22. The predicted molar refractivity (Wildman–Crippen MR) is 68.2 cm³/mol. The van der Waals surface area contributed by atoms with Gasteiger partial charge in [-0.1, -0.05) is 29.8 Å². The second-order valence-corrected chi connectivity index (χ2v) is 4.70. The second-order valence-electron chi connectivity index (χ2n) is 4.29. The van der Waals surface area contributed by atoms with Crippen molar-refractivity contribution in [3.8, 4) is 0 Å². The highest BCUT2D eigenvalue weighted by molar-refractivity contribution is 6.31. The Balaban J connectivity index is 2.21. The fourth-order valence-electron chi connectivity index (χ4n) is 2.26. The Kier molecular flexibility index (Phi) is 3.49. The molecule has 1 aromatic rings. The summed E-state index contributed by atoms with van der Waals surface area (Å²) in [5.74, 6) is 0.749. The molecule has 1 N–H and O–H groups in total. The standard InChI is InChI=1S/C13H17ClN2/c1-10(11-6-2-3-7-12(11)14)16-9-5-4-8-13(16)15/h2-3,6-7,10,15H,4-5,8-9H2,1H3. The van der Waals surface area contributed by atoms with Crippen molar-refractivity contribution in [2.75, 3.05) is 6.54 Å². The Bertz CT molecular complexity index is 389. The Hall–Kier alpha value is -1.02. The Morgan fingerprint density at radius 1 is 1.31 bits per heavy atom. The largest absolute Gasteiger partial charge is 0.354 e. The molecule has 0 aromatic heterocycles. The van der Waals surface area contributed by atoms with Crippen molar-refractivity contribution in [3.63, 3.8) is 0 Å². The highest BCUT2D eigenvalue weighted by Gasteiger charge is 2.22. The van der Waals surface area contributed by atoms with Gasteiger partial charge in [-0.05, 0) is 31.4 Å². The van der Waals surface area contributed by atoms with Gasteiger partial charge in [0.05, 0.1) is 11.9 Å². The van der Waals surface area contributed by atoms with Crippen LogP contribution >= 0.6 is 11.6 Å². The Morgan fingerprint density at radius 3 is 2.75 bits per heavy atom. The van der Waals surface area contributed by atoms with Crippen LogP contribution < -0.4 is 0 Å². The van der Waals surface area contributed by atoms with Gasteiger partial charge in [-0.15, -0.1) is 0 Å². The maximum atomic E-state index is 7.98. The predicted octanol–water partition coefficient (Wildman–Crippen LogP) is 3.86. The smallest absolute Gasteiger partial charge is 0.0962 e. The highest BCUT2D eigenvalue weighted by Crippen LogP contribution is 2.29. The molecule has 0 saturated carbocycles. The van der Waals surface area contributed by atoms with Crippen molar-refractivity contribution in [1.29, 1.82) is 5.41 Å². The summed E-state index contributed by atoms with van der Waals surface area (Å²) in [5.41, 5.74) is 1.12. The number of benzene rings is 1. The molecule has 1 atom stereocenters. The molecule has 16 heavy (non-hydrogen) atoms. The Morgan fingerprint density at radius 2 is 2.06 bits per heavy atom. The molecule has 1 unspecified atom stereocenters. The number of rotatable bonds is 2. The number of nitrogens with zero attached hydrogens (tertiary/aromatic N) is 1. The molecule has 2 nitrogen and oxygen atoms in total. The lowest BCUT2D eigenvalue weighted by Gasteiger charge is -2.35. The molecule has 1 aromatic carbocycles. The first-order valence-electron chi connectivity index (χ1n) is 5.78. The minimum atomic E-state index is 0.210. The maximum absolute atomic E-state index is 7.98. The van der Waals surface area contributed by atoms with Crippen LogP contribution in [0.1, 0.15) is 37.8 Å². The lowest BCUT2D eigenvalue weighted by Crippen LogP contribution is -2.36. The molecule has 1 fully saturated rings. The van der Waals surface area contributed by atoms with E-state index < -0.39 is 0 Å². The van der Waals surface area contributed by atoms with Crippen LogP contribution in [0.15, 0.2) is 24.3 Å². The van der Waals surface area contributed by atoms with E-state index in [0.717, 1.165) is 35.8 Å². The fraction of sp³-hybridized carbons (Fsp3) is 0.462. The van der Waals surface area contributed by atoms with Crippen molar-refractivity contribution in [3.05, 3.63) is 34.9 Å². The van der Waals surface area contributed by atoms with Gasteiger partial charge in [-0.2, -0.15) is 0 Å². The molecule has 0 amide bonds. The van der Waals surface area contributed by atoms with E-state index in [0.29, 0.717) is 0 Å². The van der Waals surface area contributed by atoms with E-state index in [1.54, 1.807) is 0 Å². The SMILES string of the molecule is CC(c1ccccc1Cl)N1CCCCC1=N. The first kappa shape index (κ1) is 11.5. The summed E-state index contributed by atoms with van der Waals surface area (Å²) in [7, 11) is 0. The quantitative estimate of drug-likeness (QED) is 0.830. The van der Waals surface area contributed by atoms with Crippen LogP contribution in [0.2, 0.25) is 5.02 Å². The zero-order chi connectivity index (χ0) is 11.5. The van der Waals surface area contributed by atoms with E-state index in [1.165, 1.54) is 6.42 Å². The molecule has 0 bridgehead atoms. The minimum Gasteiger partial charge on any atom is -0.354 e. The van der Waals surface area contributed by atoms with E-state index in [-0.39, 0.29) is 6.04 Å². The number of nitrogens with one attached hydrogen (secondary N) is 1. The summed E-state index contributed by atoms with van der Waals surface area (Å²) in [4.78, 5) is 2.16. The first-order chi connectivity index (χ1) is 7.70. The summed E-state index contributed by atoms with van der Waals surface area (Å²) in [6, 6.07) is 8.13. The molecule has 1 heterocycles. The lowest BCUT2D eigenvalue weighted by molar-refractivity contribution is 0.299. The van der Waals surface area contributed by atoms with Crippen LogP contribution in [0.4, 0.5) is 0 Å². The van der Waals surface area contributed by atoms with Crippen LogP contribution in [0.5, 0.6) is 0 Å². The molecule has 1 aliphatic heterocycles. The van der Waals surface area contributed by atoms with Gasteiger partial charge in [0.2, 0.25) is 0 Å². The fourth-order valence-corrected chi connectivity index (χ4v) is 2.56. The van der Waals surface area contributed by atoms with Gasteiger partial charge in [-0.25, -0.2) is 0 Å². The normalized spacial score (nSPS) is 18.6. The number of likely N-dealkylation sites (tertiary alicyclic amines) is 1. The molecule has 0 radical (unpaired) electrons. The number of amidine groups is 1. The zero-order valence-electron chi connectivity index (χ0n) is 9.54. The van der Waals surface area contributed by atoms with Crippen LogP contribution in [0.25, 0.3) is 0 Å². The molecule has 3 heteroatoms. The molecular formula is C13H17ClN2. The van der Waals surface area contributed by atoms with E-state index in [2.05, 4.69) is 17.9 Å². The number of hydrogen-bond donors (Lipinski definition) is 1. The lowest BCUT2D eigenvalue weighted by atomic mass is 10.0. The van der Waals surface area contributed by atoms with Crippen LogP contribution in [0.3, 0.4) is 0 Å². The average molecular weight is 237 g/mol. The second kappa shape index (κ2) is 4.88. The molecule has 0 aliphatic carbocycles.